The molecule has 0 aliphatic heterocycles. The highest BCUT2D eigenvalue weighted by molar-refractivity contribution is 5.94. The predicted octanol–water partition coefficient (Wildman–Crippen LogP) is 2.86. The zero-order valence-electron chi connectivity index (χ0n) is 10.0. The maximum atomic E-state index is 12.1. The molecule has 2 aromatic rings. The molecule has 0 fully saturated rings. The Balaban J connectivity index is 2.07. The molecule has 2 rings (SSSR count). The minimum absolute atomic E-state index is 0.0196. The van der Waals surface area contributed by atoms with Crippen LogP contribution in [0.4, 0.5) is 0 Å². The van der Waals surface area contributed by atoms with Gasteiger partial charge >= 0.3 is 0 Å². The smallest absolute Gasteiger partial charge is 0.253 e. The number of benzene rings is 1. The van der Waals surface area contributed by atoms with Gasteiger partial charge in [0.25, 0.3) is 5.91 Å². The van der Waals surface area contributed by atoms with Gasteiger partial charge < -0.3 is 9.32 Å². The Hall–Kier alpha value is -2.03. The first-order chi connectivity index (χ1) is 8.16. The zero-order valence-corrected chi connectivity index (χ0v) is 10.0. The number of hydrogen-bond acceptors (Lipinski definition) is 2. The molecule has 88 valence electrons. The van der Waals surface area contributed by atoms with Crippen LogP contribution in [0.3, 0.4) is 0 Å². The van der Waals surface area contributed by atoms with Gasteiger partial charge in [0.1, 0.15) is 0 Å². The van der Waals surface area contributed by atoms with E-state index in [9.17, 15) is 4.79 Å². The minimum Gasteiger partial charge on any atom is -0.472 e. The number of furan rings is 1. The van der Waals surface area contributed by atoms with E-state index < -0.39 is 0 Å². The molecule has 1 aromatic carbocycles. The van der Waals surface area contributed by atoms with Crippen molar-refractivity contribution in [3.63, 3.8) is 0 Å². The van der Waals surface area contributed by atoms with E-state index in [-0.39, 0.29) is 5.91 Å². The van der Waals surface area contributed by atoms with E-state index in [2.05, 4.69) is 0 Å². The van der Waals surface area contributed by atoms with Gasteiger partial charge in [0.2, 0.25) is 0 Å². The SMILES string of the molecule is Cc1ccc(C(=O)N(C)Cc2ccoc2)cc1. The van der Waals surface area contributed by atoms with Gasteiger partial charge in [-0.2, -0.15) is 0 Å². The predicted molar refractivity (Wildman–Crippen MR) is 65.7 cm³/mol. The molecule has 0 aliphatic carbocycles. The lowest BCUT2D eigenvalue weighted by atomic mass is 10.1. The molecule has 0 atom stereocenters. The second-order valence-corrected chi connectivity index (χ2v) is 4.16. The van der Waals surface area contributed by atoms with E-state index >= 15 is 0 Å². The highest BCUT2D eigenvalue weighted by Crippen LogP contribution is 2.09. The van der Waals surface area contributed by atoms with Crippen molar-refractivity contribution >= 4 is 5.91 Å². The molecule has 0 spiro atoms. The minimum atomic E-state index is 0.0196. The van der Waals surface area contributed by atoms with Crippen LogP contribution in [-0.2, 0) is 6.54 Å². The number of aryl methyl sites for hydroxylation is 1. The molecule has 0 bridgehead atoms. The Bertz CT molecular complexity index is 485. The number of nitrogens with zero attached hydrogens (tertiary/aromatic N) is 1. The average molecular weight is 229 g/mol. The van der Waals surface area contributed by atoms with E-state index in [1.807, 2.05) is 37.3 Å². The third-order valence-corrected chi connectivity index (χ3v) is 2.65. The molecular weight excluding hydrogens is 214 g/mol. The van der Waals surface area contributed by atoms with Crippen LogP contribution in [0, 0.1) is 6.92 Å². The maximum absolute atomic E-state index is 12.1. The highest BCUT2D eigenvalue weighted by Gasteiger charge is 2.11. The summed E-state index contributed by atoms with van der Waals surface area (Å²) in [7, 11) is 1.79. The topological polar surface area (TPSA) is 33.5 Å². The maximum Gasteiger partial charge on any atom is 0.253 e. The van der Waals surface area contributed by atoms with E-state index in [0.717, 1.165) is 11.1 Å². The molecule has 0 radical (unpaired) electrons. The summed E-state index contributed by atoms with van der Waals surface area (Å²) in [5.41, 5.74) is 2.86. The molecule has 0 unspecified atom stereocenters. The average Bonchev–Trinajstić information content (AvgIpc) is 2.82. The van der Waals surface area contributed by atoms with Crippen LogP contribution in [0.2, 0.25) is 0 Å². The standard InChI is InChI=1S/C14H15NO2/c1-11-3-5-13(6-4-11)14(16)15(2)9-12-7-8-17-10-12/h3-8,10H,9H2,1-2H3. The highest BCUT2D eigenvalue weighted by atomic mass is 16.3. The molecule has 0 N–H and O–H groups in total. The van der Waals surface area contributed by atoms with Gasteiger partial charge in [-0.3, -0.25) is 4.79 Å². The lowest BCUT2D eigenvalue weighted by Crippen LogP contribution is -2.25. The Morgan fingerprint density at radius 2 is 1.94 bits per heavy atom. The van der Waals surface area contributed by atoms with Gasteiger partial charge in [0, 0.05) is 24.7 Å². The second-order valence-electron chi connectivity index (χ2n) is 4.16. The van der Waals surface area contributed by atoms with Gasteiger partial charge in [-0.1, -0.05) is 17.7 Å². The number of carbonyl (C=O) groups excluding carboxylic acids is 1. The molecule has 1 amide bonds. The fourth-order valence-electron chi connectivity index (χ4n) is 1.64. The van der Waals surface area contributed by atoms with Crippen LogP contribution < -0.4 is 0 Å². The van der Waals surface area contributed by atoms with Gasteiger partial charge in [0.15, 0.2) is 0 Å². The van der Waals surface area contributed by atoms with Crippen molar-refractivity contribution in [2.24, 2.45) is 0 Å². The van der Waals surface area contributed by atoms with Crippen LogP contribution in [0.1, 0.15) is 21.5 Å². The van der Waals surface area contributed by atoms with Gasteiger partial charge in [-0.25, -0.2) is 0 Å². The molecule has 1 heterocycles. The molecular formula is C14H15NO2. The fraction of sp³-hybridized carbons (Fsp3) is 0.214. The van der Waals surface area contributed by atoms with E-state index in [1.54, 1.807) is 24.5 Å². The number of carbonyl (C=O) groups is 1. The van der Waals surface area contributed by atoms with Crippen molar-refractivity contribution < 1.29 is 9.21 Å². The van der Waals surface area contributed by atoms with Gasteiger partial charge in [0.05, 0.1) is 12.5 Å². The van der Waals surface area contributed by atoms with Crippen LogP contribution in [0.15, 0.2) is 47.3 Å². The molecule has 1 aromatic heterocycles. The van der Waals surface area contributed by atoms with E-state index in [0.29, 0.717) is 12.1 Å². The summed E-state index contributed by atoms with van der Waals surface area (Å²) in [6.45, 7) is 2.56. The summed E-state index contributed by atoms with van der Waals surface area (Å²) in [5.74, 6) is 0.0196. The molecule has 3 heteroatoms. The lowest BCUT2D eigenvalue weighted by molar-refractivity contribution is 0.0785. The number of rotatable bonds is 3. The quantitative estimate of drug-likeness (QED) is 0.810. The third kappa shape index (κ3) is 2.75. The Labute approximate surface area is 101 Å². The Morgan fingerprint density at radius 1 is 1.24 bits per heavy atom. The van der Waals surface area contributed by atoms with Crippen molar-refractivity contribution in [2.75, 3.05) is 7.05 Å². The Morgan fingerprint density at radius 3 is 2.53 bits per heavy atom. The van der Waals surface area contributed by atoms with Crippen molar-refractivity contribution in [3.05, 3.63) is 59.5 Å². The molecule has 3 nitrogen and oxygen atoms in total. The van der Waals surface area contributed by atoms with E-state index in [1.165, 1.54) is 0 Å². The molecule has 0 aliphatic rings. The molecule has 17 heavy (non-hydrogen) atoms. The summed E-state index contributed by atoms with van der Waals surface area (Å²) < 4.78 is 4.98. The third-order valence-electron chi connectivity index (χ3n) is 2.65. The van der Waals surface area contributed by atoms with E-state index in [4.69, 9.17) is 4.42 Å². The first-order valence-electron chi connectivity index (χ1n) is 5.50. The van der Waals surface area contributed by atoms with Crippen molar-refractivity contribution in [3.8, 4) is 0 Å². The normalized spacial score (nSPS) is 10.2. The monoisotopic (exact) mass is 229 g/mol. The second kappa shape index (κ2) is 4.87. The molecule has 0 saturated carbocycles. The summed E-state index contributed by atoms with van der Waals surface area (Å²) >= 11 is 0. The summed E-state index contributed by atoms with van der Waals surface area (Å²) in [4.78, 5) is 13.8. The molecule has 0 saturated heterocycles. The largest absolute Gasteiger partial charge is 0.472 e. The fourth-order valence-corrected chi connectivity index (χ4v) is 1.64. The number of hydrogen-bond donors (Lipinski definition) is 0. The van der Waals surface area contributed by atoms with Crippen LogP contribution >= 0.6 is 0 Å². The lowest BCUT2D eigenvalue weighted by Gasteiger charge is -2.16. The summed E-state index contributed by atoms with van der Waals surface area (Å²) in [5, 5.41) is 0. The van der Waals surface area contributed by atoms with Crippen LogP contribution in [0.5, 0.6) is 0 Å². The van der Waals surface area contributed by atoms with Gasteiger partial charge in [-0.05, 0) is 25.1 Å². The van der Waals surface area contributed by atoms with Crippen LogP contribution in [0.25, 0.3) is 0 Å². The van der Waals surface area contributed by atoms with Crippen molar-refractivity contribution in [1.29, 1.82) is 0 Å². The van der Waals surface area contributed by atoms with Crippen LogP contribution in [-0.4, -0.2) is 17.9 Å². The number of amides is 1. The Kier molecular flexibility index (Phi) is 3.28. The summed E-state index contributed by atoms with van der Waals surface area (Å²) in [6.07, 6.45) is 3.26. The van der Waals surface area contributed by atoms with Gasteiger partial charge in [-0.15, -0.1) is 0 Å². The summed E-state index contributed by atoms with van der Waals surface area (Å²) in [6, 6.07) is 9.45. The van der Waals surface area contributed by atoms with Crippen molar-refractivity contribution in [2.45, 2.75) is 13.5 Å². The first-order valence-corrected chi connectivity index (χ1v) is 5.50. The zero-order chi connectivity index (χ0) is 12.3. The first kappa shape index (κ1) is 11.5. The van der Waals surface area contributed by atoms with Crippen molar-refractivity contribution in [1.82, 2.24) is 4.90 Å².